The monoisotopic (exact) mass is 1040 g/mol. The number of hydrogen-bond donors (Lipinski definition) is 12. The van der Waals surface area contributed by atoms with E-state index in [0.717, 1.165) is 28.1 Å². The van der Waals surface area contributed by atoms with E-state index in [0.29, 0.717) is 36.8 Å². The number of aliphatic hydroxyl groups is 1. The summed E-state index contributed by atoms with van der Waals surface area (Å²) in [7, 11) is 0. The molecule has 4 aromatic rings. The molecule has 8 amide bonds. The van der Waals surface area contributed by atoms with E-state index in [1.165, 1.54) is 11.8 Å². The van der Waals surface area contributed by atoms with E-state index in [9.17, 15) is 43.5 Å². The van der Waals surface area contributed by atoms with E-state index in [1.807, 2.05) is 73.7 Å². The van der Waals surface area contributed by atoms with Gasteiger partial charge >= 0.3 is 0 Å². The average Bonchev–Trinajstić information content (AvgIpc) is 4.04. The Hall–Kier alpha value is -7.59. The molecular formula is C53H73N13O9. The van der Waals surface area contributed by atoms with Crippen molar-refractivity contribution in [3.63, 3.8) is 0 Å². The molecule has 404 valence electrons. The molecule has 1 aromatic heterocycles. The molecule has 2 fully saturated rings. The molecule has 0 saturated carbocycles. The molecule has 3 heterocycles. The first-order valence-electron chi connectivity index (χ1n) is 25.9. The number of carbonyl (C=O) groups is 8. The Morgan fingerprint density at radius 3 is 2.29 bits per heavy atom. The highest BCUT2D eigenvalue weighted by Crippen LogP contribution is 2.24. The first-order valence-corrected chi connectivity index (χ1v) is 25.9. The fourth-order valence-corrected chi connectivity index (χ4v) is 9.70. The van der Waals surface area contributed by atoms with Crippen molar-refractivity contribution in [3.05, 3.63) is 84.1 Å². The van der Waals surface area contributed by atoms with Gasteiger partial charge in [-0.15, -0.1) is 0 Å². The SMILES string of the molecule is CCCC[C@@H](NC(C)=O)C(=O)N[C@@H]1CC(=O)NCCCC[C@@H](C(N)=O)NC(=O)[C@H](Cc2c[nH]c3ccccc23)NC(=O)[C@@H](CCCN=C(N)N)NC(=O)[C@H](Cc2ccc3ccccc3c2)NC(O)[C@H]2CCCN2C1=O. The van der Waals surface area contributed by atoms with Crippen LogP contribution in [0.2, 0.25) is 0 Å². The number of guanidine groups is 1. The molecule has 75 heavy (non-hydrogen) atoms. The summed E-state index contributed by atoms with van der Waals surface area (Å²) < 4.78 is 0. The van der Waals surface area contributed by atoms with Gasteiger partial charge in [-0.05, 0) is 85.8 Å². The number of aliphatic hydroxyl groups excluding tert-OH is 1. The lowest BCUT2D eigenvalue weighted by Gasteiger charge is -2.34. The minimum atomic E-state index is -1.55. The molecule has 22 heteroatoms. The number of aliphatic imine (C=N–C) groups is 1. The molecule has 2 saturated heterocycles. The number of nitrogens with one attached hydrogen (secondary N) is 8. The van der Waals surface area contributed by atoms with Gasteiger partial charge in [0.1, 0.15) is 36.4 Å². The third kappa shape index (κ3) is 16.5. The van der Waals surface area contributed by atoms with Gasteiger partial charge in [-0.2, -0.15) is 0 Å². The van der Waals surface area contributed by atoms with Gasteiger partial charge in [-0.3, -0.25) is 48.7 Å². The third-order valence-corrected chi connectivity index (χ3v) is 13.6. The van der Waals surface area contributed by atoms with Gasteiger partial charge in [0, 0.05) is 50.1 Å². The Bertz CT molecular complexity index is 2690. The number of nitrogens with two attached hydrogens (primary N) is 3. The zero-order valence-corrected chi connectivity index (χ0v) is 42.7. The largest absolute Gasteiger partial charge is 0.376 e. The molecule has 0 spiro atoms. The number of nitrogens with zero attached hydrogens (tertiary/aromatic N) is 2. The number of aromatic amines is 1. The standard InChI is InChI=1S/C53H73N13O9/c1-3-4-16-39(60-31(2)67)47(70)65-43-29-45(68)57-23-10-9-18-38(46(54)69)61-50(73)42(28-35-30-59-37-17-8-7-15-36(35)37)63-48(71)40(19-11-24-58-53(55)56)62-49(72)41(64-51(74)44-20-12-25-66(44)52(43)75)27-32-21-22-33-13-5-6-14-34(33)26-32/h5-8,13-15,17,21-22,26,30,38-44,51,59,64,74H,3-4,9-12,16,18-20,23-25,27-29H2,1-2H3,(H2,54,69)(H,57,68)(H,60,67)(H,61,73)(H,62,72)(H,63,71)(H,65,70)(H4,55,56,58)/t38-,39+,40+,41-,42-,43+,44+,51?/m0/s1. The number of para-hydroxylation sites is 1. The number of rotatable bonds is 15. The van der Waals surface area contributed by atoms with Crippen LogP contribution in [0.3, 0.4) is 0 Å². The lowest BCUT2D eigenvalue weighted by atomic mass is 9.99. The van der Waals surface area contributed by atoms with Gasteiger partial charge in [0.2, 0.25) is 47.3 Å². The van der Waals surface area contributed by atoms with Gasteiger partial charge in [-0.1, -0.05) is 80.4 Å². The van der Waals surface area contributed by atoms with Crippen LogP contribution in [-0.4, -0.2) is 136 Å². The summed E-state index contributed by atoms with van der Waals surface area (Å²) in [6.07, 6.45) is 2.86. The molecule has 0 radical (unpaired) electrons. The molecule has 22 nitrogen and oxygen atoms in total. The Balaban J connectivity index is 1.37. The second kappa shape index (κ2) is 27.6. The Morgan fingerprint density at radius 1 is 0.827 bits per heavy atom. The van der Waals surface area contributed by atoms with Gasteiger partial charge in [0.05, 0.1) is 18.5 Å². The average molecular weight is 1040 g/mol. The number of H-pyrrole nitrogens is 1. The van der Waals surface area contributed by atoms with Crippen molar-refractivity contribution >= 4 is 74.9 Å². The van der Waals surface area contributed by atoms with E-state index in [1.54, 1.807) is 6.20 Å². The molecule has 3 aromatic carbocycles. The van der Waals surface area contributed by atoms with Crippen LogP contribution in [0.25, 0.3) is 21.7 Å². The topological polar surface area (TPSA) is 350 Å². The van der Waals surface area contributed by atoms with Crippen LogP contribution in [0.4, 0.5) is 0 Å². The number of aromatic nitrogens is 1. The maximum atomic E-state index is 14.9. The number of amides is 8. The molecule has 0 bridgehead atoms. The van der Waals surface area contributed by atoms with Crippen molar-refractivity contribution in [3.8, 4) is 0 Å². The molecule has 15 N–H and O–H groups in total. The molecule has 6 rings (SSSR count). The molecule has 1 unspecified atom stereocenters. The molecule has 2 aliphatic rings. The van der Waals surface area contributed by atoms with Crippen molar-refractivity contribution in [2.45, 2.75) is 146 Å². The van der Waals surface area contributed by atoms with E-state index < -0.39 is 102 Å². The summed E-state index contributed by atoms with van der Waals surface area (Å²) in [5.41, 5.74) is 19.2. The van der Waals surface area contributed by atoms with Crippen LogP contribution in [0.15, 0.2) is 77.9 Å². The summed E-state index contributed by atoms with van der Waals surface area (Å²) in [4.78, 5) is 120. The number of hydrogen-bond acceptors (Lipinski definition) is 11. The van der Waals surface area contributed by atoms with Crippen molar-refractivity contribution in [2.24, 2.45) is 22.2 Å². The summed E-state index contributed by atoms with van der Waals surface area (Å²) in [5.74, 6) is -5.53. The van der Waals surface area contributed by atoms with Crippen LogP contribution >= 0.6 is 0 Å². The van der Waals surface area contributed by atoms with Crippen LogP contribution in [-0.2, 0) is 51.2 Å². The maximum absolute atomic E-state index is 14.9. The zero-order valence-electron chi connectivity index (χ0n) is 42.7. The zero-order chi connectivity index (χ0) is 54.0. The first kappa shape index (κ1) is 56.7. The lowest BCUT2D eigenvalue weighted by Crippen LogP contribution is -2.61. The third-order valence-electron chi connectivity index (χ3n) is 13.6. The fraction of sp³-hybridized carbons (Fsp3) is 0.491. The first-order chi connectivity index (χ1) is 36.0. The highest BCUT2D eigenvalue weighted by Gasteiger charge is 2.41. The lowest BCUT2D eigenvalue weighted by molar-refractivity contribution is -0.142. The van der Waals surface area contributed by atoms with Crippen molar-refractivity contribution in [2.75, 3.05) is 19.6 Å². The van der Waals surface area contributed by atoms with Gasteiger partial charge in [0.15, 0.2) is 5.96 Å². The number of carbonyl (C=O) groups excluding carboxylic acids is 8. The van der Waals surface area contributed by atoms with Crippen molar-refractivity contribution in [1.29, 1.82) is 0 Å². The van der Waals surface area contributed by atoms with Crippen LogP contribution < -0.4 is 54.4 Å². The Labute approximate surface area is 435 Å². The second-order valence-electron chi connectivity index (χ2n) is 19.4. The van der Waals surface area contributed by atoms with E-state index in [2.05, 4.69) is 47.2 Å². The highest BCUT2D eigenvalue weighted by molar-refractivity contribution is 5.97. The van der Waals surface area contributed by atoms with Crippen molar-refractivity contribution in [1.82, 2.24) is 47.1 Å². The second-order valence-corrected chi connectivity index (χ2v) is 19.4. The Morgan fingerprint density at radius 2 is 1.55 bits per heavy atom. The quantitative estimate of drug-likeness (QED) is 0.0433. The van der Waals surface area contributed by atoms with Gasteiger partial charge in [0.25, 0.3) is 0 Å². The molecular weight excluding hydrogens is 963 g/mol. The Kier molecular flexibility index (Phi) is 20.9. The van der Waals surface area contributed by atoms with Gasteiger partial charge in [-0.25, -0.2) is 0 Å². The van der Waals surface area contributed by atoms with Gasteiger partial charge < -0.3 is 64.1 Å². The predicted molar refractivity (Wildman–Crippen MR) is 283 cm³/mol. The summed E-state index contributed by atoms with van der Waals surface area (Å²) in [6.45, 7) is 3.54. The fourth-order valence-electron chi connectivity index (χ4n) is 9.70. The predicted octanol–water partition coefficient (Wildman–Crippen LogP) is 0.237. The molecule has 0 aliphatic carbocycles. The van der Waals surface area contributed by atoms with E-state index in [-0.39, 0.29) is 70.5 Å². The van der Waals surface area contributed by atoms with Crippen molar-refractivity contribution < 1.29 is 43.5 Å². The number of benzene rings is 3. The summed E-state index contributed by atoms with van der Waals surface area (Å²) >= 11 is 0. The van der Waals surface area contributed by atoms with Crippen LogP contribution in [0.5, 0.6) is 0 Å². The van der Waals surface area contributed by atoms with E-state index in [4.69, 9.17) is 17.2 Å². The van der Waals surface area contributed by atoms with Crippen LogP contribution in [0, 0.1) is 0 Å². The summed E-state index contributed by atoms with van der Waals surface area (Å²) in [6, 6.07) is 12.4. The number of primary amides is 1. The number of fused-ring (bicyclic) bond motifs is 3. The highest BCUT2D eigenvalue weighted by atomic mass is 16.3. The van der Waals surface area contributed by atoms with E-state index >= 15 is 0 Å². The molecule has 8 atom stereocenters. The minimum absolute atomic E-state index is 0.00200. The van der Waals surface area contributed by atoms with Crippen LogP contribution in [0.1, 0.15) is 95.6 Å². The number of unbranched alkanes of at least 4 members (excludes halogenated alkanes) is 1. The normalized spacial score (nSPS) is 23.2. The minimum Gasteiger partial charge on any atom is -0.376 e. The maximum Gasteiger partial charge on any atom is 0.246 e. The smallest absolute Gasteiger partial charge is 0.246 e. The summed E-state index contributed by atoms with van der Waals surface area (Å²) in [5, 5.41) is 34.4. The molecule has 2 aliphatic heterocycles.